The zero-order valence-electron chi connectivity index (χ0n) is 21.4. The Hall–Kier alpha value is -4.26. The van der Waals surface area contributed by atoms with Crippen LogP contribution < -0.4 is 19.1 Å². The Balaban J connectivity index is 1.81. The van der Waals surface area contributed by atoms with E-state index in [1.165, 1.54) is 4.90 Å². The molecule has 1 aliphatic rings. The monoisotopic (exact) mass is 501 g/mol. The van der Waals surface area contributed by atoms with Gasteiger partial charge in [-0.05, 0) is 79.1 Å². The summed E-state index contributed by atoms with van der Waals surface area (Å²) in [4.78, 5) is 28.2. The van der Waals surface area contributed by atoms with Crippen LogP contribution in [0.1, 0.15) is 37.9 Å². The van der Waals surface area contributed by atoms with Gasteiger partial charge in [0.2, 0.25) is 0 Å². The minimum atomic E-state index is -0.857. The van der Waals surface area contributed by atoms with Crippen LogP contribution in [0.2, 0.25) is 0 Å². The van der Waals surface area contributed by atoms with Crippen LogP contribution >= 0.6 is 0 Å². The average Bonchev–Trinajstić information content (AvgIpc) is 3.18. The van der Waals surface area contributed by atoms with Gasteiger partial charge in [0.1, 0.15) is 23.0 Å². The normalized spacial score (nSPS) is 16.8. The summed E-state index contributed by atoms with van der Waals surface area (Å²) in [7, 11) is 1.55. The smallest absolute Gasteiger partial charge is 0.300 e. The molecule has 0 bridgehead atoms. The lowest BCUT2D eigenvalue weighted by Crippen LogP contribution is -2.29. The summed E-state index contributed by atoms with van der Waals surface area (Å²) in [6.45, 7) is 7.08. The van der Waals surface area contributed by atoms with Crippen molar-refractivity contribution in [3.8, 4) is 17.2 Å². The summed E-state index contributed by atoms with van der Waals surface area (Å²) >= 11 is 0. The molecule has 1 saturated heterocycles. The van der Waals surface area contributed by atoms with Gasteiger partial charge in [-0.25, -0.2) is 0 Å². The van der Waals surface area contributed by atoms with Crippen LogP contribution in [0.15, 0.2) is 78.4 Å². The van der Waals surface area contributed by atoms with Crippen molar-refractivity contribution in [3.05, 3.63) is 89.5 Å². The van der Waals surface area contributed by atoms with Crippen LogP contribution in [-0.2, 0) is 9.59 Å². The van der Waals surface area contributed by atoms with Crippen LogP contribution in [0.25, 0.3) is 5.76 Å². The van der Waals surface area contributed by atoms with Gasteiger partial charge < -0.3 is 19.3 Å². The summed E-state index contributed by atoms with van der Waals surface area (Å²) in [5, 5.41) is 11.3. The first-order valence-electron chi connectivity index (χ1n) is 12.2. The highest BCUT2D eigenvalue weighted by Crippen LogP contribution is 2.43. The van der Waals surface area contributed by atoms with Crippen LogP contribution in [0.3, 0.4) is 0 Å². The molecule has 1 aliphatic heterocycles. The first-order valence-corrected chi connectivity index (χ1v) is 12.2. The third kappa shape index (κ3) is 5.45. The second-order valence-electron chi connectivity index (χ2n) is 9.10. The number of methoxy groups -OCH3 is 1. The quantitative estimate of drug-likeness (QED) is 0.228. The van der Waals surface area contributed by atoms with Crippen LogP contribution in [0, 0.1) is 5.92 Å². The van der Waals surface area contributed by atoms with Crippen LogP contribution in [0.5, 0.6) is 17.2 Å². The molecule has 1 fully saturated rings. The molecule has 1 N–H and O–H groups in total. The van der Waals surface area contributed by atoms with Gasteiger partial charge in [-0.15, -0.1) is 0 Å². The number of Topliss-reactive ketones (excluding diaryl/α,β-unsaturated/α-hetero) is 1. The van der Waals surface area contributed by atoms with Gasteiger partial charge in [0.05, 0.1) is 31.9 Å². The molecule has 0 radical (unpaired) electrons. The fourth-order valence-electron chi connectivity index (χ4n) is 4.22. The topological polar surface area (TPSA) is 85.3 Å². The van der Waals surface area contributed by atoms with Crippen LogP contribution in [0.4, 0.5) is 5.69 Å². The highest BCUT2D eigenvalue weighted by Gasteiger charge is 2.47. The van der Waals surface area contributed by atoms with Gasteiger partial charge >= 0.3 is 0 Å². The second-order valence-corrected chi connectivity index (χ2v) is 9.10. The van der Waals surface area contributed by atoms with Crippen molar-refractivity contribution in [1.82, 2.24) is 0 Å². The van der Waals surface area contributed by atoms with Crippen LogP contribution in [-0.4, -0.2) is 37.1 Å². The number of ether oxygens (including phenoxy) is 3. The van der Waals surface area contributed by atoms with Crippen molar-refractivity contribution in [2.45, 2.75) is 26.8 Å². The largest absolute Gasteiger partial charge is 0.507 e. The summed E-state index contributed by atoms with van der Waals surface area (Å²) in [6, 6.07) is 20.0. The molecule has 192 valence electrons. The predicted octanol–water partition coefficient (Wildman–Crippen LogP) is 5.76. The average molecular weight is 502 g/mol. The van der Waals surface area contributed by atoms with Crippen molar-refractivity contribution in [2.24, 2.45) is 5.92 Å². The second kappa shape index (κ2) is 11.2. The Morgan fingerprint density at radius 3 is 2.19 bits per heavy atom. The molecule has 1 unspecified atom stereocenters. The SMILES string of the molecule is CCOc1ccc(/C(O)=C2/C(=O)C(=O)N(c3ccc(OCC(C)C)cc3)C2c2cccc(OC)c2)cc1. The summed E-state index contributed by atoms with van der Waals surface area (Å²) in [5.74, 6) is 0.504. The lowest BCUT2D eigenvalue weighted by molar-refractivity contribution is -0.132. The van der Waals surface area contributed by atoms with Gasteiger partial charge in [-0.1, -0.05) is 26.0 Å². The Bertz CT molecular complexity index is 1290. The number of amides is 1. The van der Waals surface area contributed by atoms with Crippen molar-refractivity contribution in [1.29, 1.82) is 0 Å². The molecule has 0 aliphatic carbocycles. The zero-order chi connectivity index (χ0) is 26.5. The fourth-order valence-corrected chi connectivity index (χ4v) is 4.22. The molecule has 3 aromatic rings. The number of nitrogens with zero attached hydrogens (tertiary/aromatic N) is 1. The van der Waals surface area contributed by atoms with E-state index in [0.717, 1.165) is 0 Å². The number of hydrogen-bond acceptors (Lipinski definition) is 6. The third-order valence-corrected chi connectivity index (χ3v) is 5.99. The molecule has 7 nitrogen and oxygen atoms in total. The van der Waals surface area contributed by atoms with E-state index >= 15 is 0 Å². The number of anilines is 1. The third-order valence-electron chi connectivity index (χ3n) is 5.99. The Morgan fingerprint density at radius 2 is 1.57 bits per heavy atom. The summed E-state index contributed by atoms with van der Waals surface area (Å²) in [6.07, 6.45) is 0. The van der Waals surface area contributed by atoms with E-state index in [2.05, 4.69) is 13.8 Å². The maximum Gasteiger partial charge on any atom is 0.300 e. The lowest BCUT2D eigenvalue weighted by Gasteiger charge is -2.26. The van der Waals surface area contributed by atoms with Crippen molar-refractivity contribution < 1.29 is 28.9 Å². The summed E-state index contributed by atoms with van der Waals surface area (Å²) in [5.41, 5.74) is 1.55. The maximum absolute atomic E-state index is 13.4. The molecule has 1 heterocycles. The van der Waals surface area contributed by atoms with Crippen molar-refractivity contribution >= 4 is 23.1 Å². The van der Waals surface area contributed by atoms with E-state index in [4.69, 9.17) is 14.2 Å². The van der Waals surface area contributed by atoms with E-state index in [0.29, 0.717) is 53.2 Å². The molecule has 4 rings (SSSR count). The number of carbonyl (C=O) groups excluding carboxylic acids is 2. The van der Waals surface area contributed by atoms with E-state index in [1.807, 2.05) is 6.92 Å². The number of hydrogen-bond donors (Lipinski definition) is 1. The molecule has 0 saturated carbocycles. The van der Waals surface area contributed by atoms with E-state index in [1.54, 1.807) is 79.9 Å². The zero-order valence-corrected chi connectivity index (χ0v) is 21.4. The maximum atomic E-state index is 13.4. The first kappa shape index (κ1) is 25.8. The predicted molar refractivity (Wildman–Crippen MR) is 142 cm³/mol. The highest BCUT2D eigenvalue weighted by atomic mass is 16.5. The number of aliphatic hydroxyl groups is 1. The molecule has 1 atom stereocenters. The summed E-state index contributed by atoms with van der Waals surface area (Å²) < 4.78 is 16.6. The molecule has 0 aromatic heterocycles. The number of carbonyl (C=O) groups is 2. The standard InChI is InChI=1S/C30H31NO6/c1-5-36-23-13-9-20(10-14-23)28(32)26-27(21-7-6-8-25(17-21)35-4)31(30(34)29(26)33)22-11-15-24(16-12-22)37-18-19(2)3/h6-17,19,27,32H,5,18H2,1-4H3/b28-26-. The van der Waals surface area contributed by atoms with E-state index in [-0.39, 0.29) is 11.3 Å². The number of benzene rings is 3. The number of aliphatic hydroxyl groups excluding tert-OH is 1. The highest BCUT2D eigenvalue weighted by molar-refractivity contribution is 6.51. The van der Waals surface area contributed by atoms with Gasteiger partial charge in [-0.3, -0.25) is 14.5 Å². The van der Waals surface area contributed by atoms with Gasteiger partial charge in [0, 0.05) is 11.3 Å². The van der Waals surface area contributed by atoms with Crippen molar-refractivity contribution in [3.63, 3.8) is 0 Å². The van der Waals surface area contributed by atoms with E-state index in [9.17, 15) is 14.7 Å². The Morgan fingerprint density at radius 1 is 0.919 bits per heavy atom. The number of rotatable bonds is 9. The number of ketones is 1. The minimum Gasteiger partial charge on any atom is -0.507 e. The molecule has 37 heavy (non-hydrogen) atoms. The van der Waals surface area contributed by atoms with Gasteiger partial charge in [0.15, 0.2) is 0 Å². The van der Waals surface area contributed by atoms with Gasteiger partial charge in [-0.2, -0.15) is 0 Å². The molecular formula is C30H31NO6. The molecule has 0 spiro atoms. The Kier molecular flexibility index (Phi) is 7.82. The molecular weight excluding hydrogens is 470 g/mol. The fraction of sp³-hybridized carbons (Fsp3) is 0.267. The first-order chi connectivity index (χ1) is 17.8. The Labute approximate surface area is 216 Å². The van der Waals surface area contributed by atoms with E-state index < -0.39 is 17.7 Å². The minimum absolute atomic E-state index is 0.00236. The molecule has 3 aromatic carbocycles. The lowest BCUT2D eigenvalue weighted by atomic mass is 9.95. The molecule has 7 heteroatoms. The van der Waals surface area contributed by atoms with Gasteiger partial charge in [0.25, 0.3) is 11.7 Å². The molecule has 1 amide bonds. The van der Waals surface area contributed by atoms with Crippen molar-refractivity contribution in [2.75, 3.05) is 25.2 Å².